The first-order valence-corrected chi connectivity index (χ1v) is 7.18. The standard InChI is InChI=1S/C14H21BrN2/c1-11-9-12(2)17(10-11)8-7-16-14-6-4-3-5-13(14)15/h3-6,11-12,16H,7-10H2,1-2H3. The van der Waals surface area contributed by atoms with Crippen LogP contribution in [0.4, 0.5) is 5.69 Å². The van der Waals surface area contributed by atoms with E-state index in [4.69, 9.17) is 0 Å². The molecule has 1 aromatic rings. The molecule has 1 aliphatic rings. The average molecular weight is 297 g/mol. The fourth-order valence-electron chi connectivity index (χ4n) is 2.64. The molecule has 1 heterocycles. The maximum atomic E-state index is 3.56. The summed E-state index contributed by atoms with van der Waals surface area (Å²) in [6.45, 7) is 8.07. The molecule has 1 fully saturated rings. The normalized spacial score (nSPS) is 25.1. The summed E-state index contributed by atoms with van der Waals surface area (Å²) in [7, 11) is 0. The van der Waals surface area contributed by atoms with Crippen LogP contribution in [-0.2, 0) is 0 Å². The summed E-state index contributed by atoms with van der Waals surface area (Å²) < 4.78 is 1.14. The Morgan fingerprint density at radius 3 is 2.76 bits per heavy atom. The van der Waals surface area contributed by atoms with Gasteiger partial charge in [0.25, 0.3) is 0 Å². The maximum Gasteiger partial charge on any atom is 0.0485 e. The second-order valence-corrected chi connectivity index (χ2v) is 5.95. The van der Waals surface area contributed by atoms with Crippen LogP contribution in [0.5, 0.6) is 0 Å². The largest absolute Gasteiger partial charge is 0.383 e. The Morgan fingerprint density at radius 1 is 1.35 bits per heavy atom. The van der Waals surface area contributed by atoms with Gasteiger partial charge >= 0.3 is 0 Å². The number of rotatable bonds is 4. The Bertz CT molecular complexity index is 367. The fraction of sp³-hybridized carbons (Fsp3) is 0.571. The number of hydrogen-bond acceptors (Lipinski definition) is 2. The number of benzene rings is 1. The zero-order valence-corrected chi connectivity index (χ0v) is 12.2. The van der Waals surface area contributed by atoms with E-state index in [-0.39, 0.29) is 0 Å². The summed E-state index contributed by atoms with van der Waals surface area (Å²) in [5.41, 5.74) is 1.19. The van der Waals surface area contributed by atoms with Gasteiger partial charge < -0.3 is 5.32 Å². The number of nitrogens with one attached hydrogen (secondary N) is 1. The quantitative estimate of drug-likeness (QED) is 0.913. The molecule has 2 unspecified atom stereocenters. The van der Waals surface area contributed by atoms with E-state index in [9.17, 15) is 0 Å². The Morgan fingerprint density at radius 2 is 2.12 bits per heavy atom. The van der Waals surface area contributed by atoms with Gasteiger partial charge in [-0.3, -0.25) is 4.90 Å². The van der Waals surface area contributed by atoms with Gasteiger partial charge in [-0.25, -0.2) is 0 Å². The summed E-state index contributed by atoms with van der Waals surface area (Å²) >= 11 is 3.56. The van der Waals surface area contributed by atoms with E-state index < -0.39 is 0 Å². The molecule has 0 radical (unpaired) electrons. The molecular weight excluding hydrogens is 276 g/mol. The van der Waals surface area contributed by atoms with E-state index in [0.717, 1.165) is 29.5 Å². The first-order valence-electron chi connectivity index (χ1n) is 6.39. The zero-order chi connectivity index (χ0) is 12.3. The van der Waals surface area contributed by atoms with Crippen molar-refractivity contribution in [3.8, 4) is 0 Å². The summed E-state index contributed by atoms with van der Waals surface area (Å²) in [5.74, 6) is 0.855. The van der Waals surface area contributed by atoms with Crippen molar-refractivity contribution in [2.24, 2.45) is 5.92 Å². The molecule has 1 aromatic carbocycles. The van der Waals surface area contributed by atoms with E-state index in [2.05, 4.69) is 58.2 Å². The zero-order valence-electron chi connectivity index (χ0n) is 10.6. The highest BCUT2D eigenvalue weighted by atomic mass is 79.9. The van der Waals surface area contributed by atoms with Crippen molar-refractivity contribution in [3.05, 3.63) is 28.7 Å². The summed E-state index contributed by atoms with van der Waals surface area (Å²) in [5, 5.41) is 3.49. The van der Waals surface area contributed by atoms with Crippen LogP contribution in [0.25, 0.3) is 0 Å². The molecule has 1 N–H and O–H groups in total. The minimum absolute atomic E-state index is 0.742. The first-order chi connectivity index (χ1) is 8.16. The van der Waals surface area contributed by atoms with Crippen LogP contribution in [-0.4, -0.2) is 30.6 Å². The van der Waals surface area contributed by atoms with E-state index in [1.807, 2.05) is 6.07 Å². The Labute approximate surface area is 113 Å². The molecule has 0 amide bonds. The number of anilines is 1. The smallest absolute Gasteiger partial charge is 0.0485 e. The SMILES string of the molecule is CC1CC(C)N(CCNc2ccccc2Br)C1. The summed E-state index contributed by atoms with van der Waals surface area (Å²) in [6.07, 6.45) is 1.34. The summed E-state index contributed by atoms with van der Waals surface area (Å²) in [6, 6.07) is 9.03. The second kappa shape index (κ2) is 5.87. The van der Waals surface area contributed by atoms with Gasteiger partial charge in [0.15, 0.2) is 0 Å². The van der Waals surface area contributed by atoms with Crippen molar-refractivity contribution in [3.63, 3.8) is 0 Å². The topological polar surface area (TPSA) is 15.3 Å². The highest BCUT2D eigenvalue weighted by Crippen LogP contribution is 2.23. The van der Waals surface area contributed by atoms with Crippen molar-refractivity contribution < 1.29 is 0 Å². The third kappa shape index (κ3) is 3.46. The van der Waals surface area contributed by atoms with Gasteiger partial charge in [0.2, 0.25) is 0 Å². The molecule has 1 saturated heterocycles. The van der Waals surface area contributed by atoms with E-state index >= 15 is 0 Å². The lowest BCUT2D eigenvalue weighted by molar-refractivity contribution is 0.275. The molecule has 0 bridgehead atoms. The van der Waals surface area contributed by atoms with Gasteiger partial charge in [-0.05, 0) is 47.3 Å². The molecular formula is C14H21BrN2. The van der Waals surface area contributed by atoms with Gasteiger partial charge in [0.1, 0.15) is 0 Å². The van der Waals surface area contributed by atoms with Gasteiger partial charge in [0, 0.05) is 35.8 Å². The molecule has 2 nitrogen and oxygen atoms in total. The average Bonchev–Trinajstić information content (AvgIpc) is 2.60. The molecule has 0 spiro atoms. The third-order valence-corrected chi connectivity index (χ3v) is 4.19. The lowest BCUT2D eigenvalue weighted by Crippen LogP contribution is -2.32. The van der Waals surface area contributed by atoms with Gasteiger partial charge in [-0.1, -0.05) is 19.1 Å². The predicted octanol–water partition coefficient (Wildman–Crippen LogP) is 3.59. The number of halogens is 1. The monoisotopic (exact) mass is 296 g/mol. The molecule has 17 heavy (non-hydrogen) atoms. The molecule has 0 saturated carbocycles. The Hall–Kier alpha value is -0.540. The number of para-hydroxylation sites is 1. The molecule has 2 rings (SSSR count). The lowest BCUT2D eigenvalue weighted by atomic mass is 10.1. The Kier molecular flexibility index (Phi) is 4.46. The highest BCUT2D eigenvalue weighted by Gasteiger charge is 2.25. The van der Waals surface area contributed by atoms with Crippen molar-refractivity contribution in [1.82, 2.24) is 4.90 Å². The molecule has 0 aliphatic carbocycles. The van der Waals surface area contributed by atoms with Crippen molar-refractivity contribution >= 4 is 21.6 Å². The van der Waals surface area contributed by atoms with Crippen LogP contribution in [0.1, 0.15) is 20.3 Å². The number of hydrogen-bond donors (Lipinski definition) is 1. The van der Waals surface area contributed by atoms with Gasteiger partial charge in [-0.15, -0.1) is 0 Å². The minimum Gasteiger partial charge on any atom is -0.383 e. The van der Waals surface area contributed by atoms with Crippen LogP contribution >= 0.6 is 15.9 Å². The molecule has 94 valence electrons. The van der Waals surface area contributed by atoms with Crippen molar-refractivity contribution in [2.45, 2.75) is 26.3 Å². The lowest BCUT2D eigenvalue weighted by Gasteiger charge is -2.21. The van der Waals surface area contributed by atoms with Crippen LogP contribution in [0, 0.1) is 5.92 Å². The number of nitrogens with zero attached hydrogens (tertiary/aromatic N) is 1. The van der Waals surface area contributed by atoms with E-state index in [1.165, 1.54) is 18.7 Å². The fourth-order valence-corrected chi connectivity index (χ4v) is 3.06. The van der Waals surface area contributed by atoms with E-state index in [0.29, 0.717) is 0 Å². The third-order valence-electron chi connectivity index (χ3n) is 3.50. The van der Waals surface area contributed by atoms with Crippen LogP contribution in [0.2, 0.25) is 0 Å². The van der Waals surface area contributed by atoms with Crippen molar-refractivity contribution in [2.75, 3.05) is 25.0 Å². The number of likely N-dealkylation sites (tertiary alicyclic amines) is 1. The first kappa shape index (κ1) is 12.9. The highest BCUT2D eigenvalue weighted by molar-refractivity contribution is 9.10. The minimum atomic E-state index is 0.742. The summed E-state index contributed by atoms with van der Waals surface area (Å²) in [4.78, 5) is 2.58. The second-order valence-electron chi connectivity index (χ2n) is 5.09. The molecule has 1 aliphatic heterocycles. The van der Waals surface area contributed by atoms with Crippen LogP contribution < -0.4 is 5.32 Å². The predicted molar refractivity (Wildman–Crippen MR) is 77.4 cm³/mol. The Balaban J connectivity index is 1.78. The van der Waals surface area contributed by atoms with Crippen LogP contribution in [0.3, 0.4) is 0 Å². The van der Waals surface area contributed by atoms with Gasteiger partial charge in [-0.2, -0.15) is 0 Å². The van der Waals surface area contributed by atoms with Gasteiger partial charge in [0.05, 0.1) is 0 Å². The maximum absolute atomic E-state index is 3.56. The van der Waals surface area contributed by atoms with Crippen LogP contribution in [0.15, 0.2) is 28.7 Å². The van der Waals surface area contributed by atoms with E-state index in [1.54, 1.807) is 0 Å². The molecule has 3 heteroatoms. The van der Waals surface area contributed by atoms with Crippen molar-refractivity contribution in [1.29, 1.82) is 0 Å². The molecule has 0 aromatic heterocycles. The molecule has 2 atom stereocenters.